The summed E-state index contributed by atoms with van der Waals surface area (Å²) in [7, 11) is 0. The molecular formula is C24H28O3. The second-order valence-electron chi connectivity index (χ2n) is 9.65. The van der Waals surface area contributed by atoms with Gasteiger partial charge in [0.05, 0.1) is 0 Å². The fourth-order valence-corrected chi connectivity index (χ4v) is 7.42. The van der Waals surface area contributed by atoms with Crippen LogP contribution in [0.25, 0.3) is 0 Å². The van der Waals surface area contributed by atoms with Crippen LogP contribution in [-0.2, 0) is 14.4 Å². The van der Waals surface area contributed by atoms with Crippen molar-refractivity contribution in [2.75, 3.05) is 0 Å². The molecule has 3 nitrogen and oxygen atoms in total. The van der Waals surface area contributed by atoms with E-state index < -0.39 is 0 Å². The molecule has 0 amide bonds. The van der Waals surface area contributed by atoms with Crippen LogP contribution in [0.15, 0.2) is 36.0 Å². The lowest BCUT2D eigenvalue weighted by molar-refractivity contribution is -0.121. The zero-order valence-electron chi connectivity index (χ0n) is 16.3. The number of fused-ring (bicyclic) bond motifs is 5. The summed E-state index contributed by atoms with van der Waals surface area (Å²) >= 11 is 0. The van der Waals surface area contributed by atoms with E-state index in [9.17, 15) is 14.4 Å². The highest BCUT2D eigenvalue weighted by molar-refractivity contribution is 5.91. The van der Waals surface area contributed by atoms with Gasteiger partial charge in [0.2, 0.25) is 0 Å². The van der Waals surface area contributed by atoms with E-state index in [2.05, 4.69) is 26.4 Å². The van der Waals surface area contributed by atoms with Crippen molar-refractivity contribution in [2.45, 2.75) is 58.8 Å². The lowest BCUT2D eigenvalue weighted by atomic mass is 9.39. The van der Waals surface area contributed by atoms with Gasteiger partial charge < -0.3 is 0 Å². The molecule has 4 rings (SSSR count). The molecule has 0 radical (unpaired) electrons. The Morgan fingerprint density at radius 3 is 2.59 bits per heavy atom. The van der Waals surface area contributed by atoms with Crippen LogP contribution in [0.2, 0.25) is 0 Å². The van der Waals surface area contributed by atoms with Crippen molar-refractivity contribution < 1.29 is 14.4 Å². The van der Waals surface area contributed by atoms with Crippen LogP contribution in [0, 0.1) is 34.0 Å². The standard InChI is InChI=1S/C24H28O3/c1-16-14-21-20-5-4-17-15-18(27)6-8-23(17,3)24(20,11-13-26)10-9-22(21,2)19(16)7-12-25/h7,11,15,19-21H,1,4-6,8-10,14H2,2-3H3/t19?,20-,21-,22+,23-,24-/m0/s1. The summed E-state index contributed by atoms with van der Waals surface area (Å²) < 4.78 is 0. The second-order valence-corrected chi connectivity index (χ2v) is 9.65. The SMILES string of the molecule is C=C1C[C@H]2[C@@H]3CCC4=CC(=O)CC[C@]4(C)[C@]3(C=C=O)CC[C@]2(C)C1C=C=O. The van der Waals surface area contributed by atoms with Gasteiger partial charge in [-0.1, -0.05) is 31.6 Å². The molecule has 142 valence electrons. The molecule has 0 bridgehead atoms. The van der Waals surface area contributed by atoms with Crippen LogP contribution in [-0.4, -0.2) is 17.7 Å². The van der Waals surface area contributed by atoms with Crippen LogP contribution < -0.4 is 0 Å². The fourth-order valence-electron chi connectivity index (χ4n) is 7.42. The maximum Gasteiger partial charge on any atom is 0.155 e. The predicted molar refractivity (Wildman–Crippen MR) is 104 cm³/mol. The number of hydrogen-bond donors (Lipinski definition) is 0. The number of allylic oxidation sites excluding steroid dienone is 4. The van der Waals surface area contributed by atoms with Crippen molar-refractivity contribution in [1.29, 1.82) is 0 Å². The van der Waals surface area contributed by atoms with Crippen LogP contribution in [0.1, 0.15) is 58.8 Å². The third-order valence-corrected chi connectivity index (χ3v) is 8.92. The van der Waals surface area contributed by atoms with E-state index in [4.69, 9.17) is 0 Å². The summed E-state index contributed by atoms with van der Waals surface area (Å²) in [6, 6.07) is 0. The smallest absolute Gasteiger partial charge is 0.155 e. The molecule has 3 heteroatoms. The van der Waals surface area contributed by atoms with Gasteiger partial charge in [-0.25, -0.2) is 9.59 Å². The molecule has 3 fully saturated rings. The first-order chi connectivity index (χ1) is 12.8. The summed E-state index contributed by atoms with van der Waals surface area (Å²) in [5.74, 6) is 5.22. The third-order valence-electron chi connectivity index (χ3n) is 8.92. The molecule has 4 aliphatic rings. The molecule has 3 saturated carbocycles. The van der Waals surface area contributed by atoms with Gasteiger partial charge in [-0.3, -0.25) is 4.79 Å². The minimum atomic E-state index is -0.246. The Balaban J connectivity index is 1.85. The molecule has 1 unspecified atom stereocenters. The van der Waals surface area contributed by atoms with Crippen molar-refractivity contribution in [1.82, 2.24) is 0 Å². The molecule has 0 N–H and O–H groups in total. The van der Waals surface area contributed by atoms with Gasteiger partial charge >= 0.3 is 0 Å². The number of carbonyl (C=O) groups excluding carboxylic acids is 3. The number of rotatable bonds is 2. The van der Waals surface area contributed by atoms with Crippen LogP contribution in [0.3, 0.4) is 0 Å². The van der Waals surface area contributed by atoms with Crippen molar-refractivity contribution >= 4 is 17.7 Å². The Hall–Kier alpha value is -1.95. The third kappa shape index (κ3) is 2.25. The highest BCUT2D eigenvalue weighted by Crippen LogP contribution is 2.72. The minimum Gasteiger partial charge on any atom is -0.295 e. The molecule has 0 aromatic carbocycles. The predicted octanol–water partition coefficient (Wildman–Crippen LogP) is 4.45. The first-order valence-electron chi connectivity index (χ1n) is 10.2. The minimum absolute atomic E-state index is 0.00144. The largest absolute Gasteiger partial charge is 0.295 e. The maximum absolute atomic E-state index is 12.1. The van der Waals surface area contributed by atoms with Gasteiger partial charge in [0, 0.05) is 29.9 Å². The Kier molecular flexibility index (Phi) is 4.11. The van der Waals surface area contributed by atoms with Crippen molar-refractivity contribution in [3.8, 4) is 0 Å². The van der Waals surface area contributed by atoms with Gasteiger partial charge in [0.1, 0.15) is 11.9 Å². The zero-order chi connectivity index (χ0) is 19.4. The quantitative estimate of drug-likeness (QED) is 0.537. The average molecular weight is 364 g/mol. The normalized spacial score (nSPS) is 45.6. The average Bonchev–Trinajstić information content (AvgIpc) is 2.88. The topological polar surface area (TPSA) is 51.2 Å². The Labute approximate surface area is 161 Å². The molecule has 0 heterocycles. The monoisotopic (exact) mass is 364 g/mol. The molecular weight excluding hydrogens is 336 g/mol. The zero-order valence-corrected chi connectivity index (χ0v) is 16.3. The first-order valence-corrected chi connectivity index (χ1v) is 10.2. The summed E-state index contributed by atoms with van der Waals surface area (Å²) in [5.41, 5.74) is 1.96. The Morgan fingerprint density at radius 1 is 1.11 bits per heavy atom. The second kappa shape index (κ2) is 6.03. The number of ketones is 1. The molecule has 4 aliphatic carbocycles. The van der Waals surface area contributed by atoms with Gasteiger partial charge in [0.15, 0.2) is 5.78 Å². The van der Waals surface area contributed by atoms with Gasteiger partial charge in [-0.15, -0.1) is 0 Å². The lowest BCUT2D eigenvalue weighted by Crippen LogP contribution is -2.57. The highest BCUT2D eigenvalue weighted by atomic mass is 16.1. The number of hydrogen-bond acceptors (Lipinski definition) is 3. The maximum atomic E-state index is 12.1. The van der Waals surface area contributed by atoms with E-state index in [-0.39, 0.29) is 27.9 Å². The summed E-state index contributed by atoms with van der Waals surface area (Å²) in [4.78, 5) is 34.8. The van der Waals surface area contributed by atoms with E-state index in [1.807, 2.05) is 18.1 Å². The molecule has 0 aromatic rings. The molecule has 27 heavy (non-hydrogen) atoms. The summed E-state index contributed by atoms with van der Waals surface area (Å²) in [6.45, 7) is 8.84. The molecule has 0 aromatic heterocycles. The van der Waals surface area contributed by atoms with E-state index in [1.54, 1.807) is 6.08 Å². The van der Waals surface area contributed by atoms with Gasteiger partial charge in [0.25, 0.3) is 0 Å². The first kappa shape index (κ1) is 18.4. The van der Waals surface area contributed by atoms with E-state index in [0.29, 0.717) is 18.3 Å². The van der Waals surface area contributed by atoms with Crippen molar-refractivity contribution in [3.05, 3.63) is 36.0 Å². The highest BCUT2D eigenvalue weighted by Gasteiger charge is 2.65. The van der Waals surface area contributed by atoms with E-state index in [1.165, 1.54) is 5.57 Å². The fraction of sp³-hybridized carbons (Fsp3) is 0.625. The molecule has 0 spiro atoms. The van der Waals surface area contributed by atoms with E-state index >= 15 is 0 Å². The van der Waals surface area contributed by atoms with Gasteiger partial charge in [-0.2, -0.15) is 0 Å². The van der Waals surface area contributed by atoms with E-state index in [0.717, 1.165) is 44.1 Å². The molecule has 6 atom stereocenters. The summed E-state index contributed by atoms with van der Waals surface area (Å²) in [5, 5.41) is 0. The number of carbonyl (C=O) groups is 1. The van der Waals surface area contributed by atoms with Crippen LogP contribution in [0.5, 0.6) is 0 Å². The molecule has 0 saturated heterocycles. The Bertz CT molecular complexity index is 838. The van der Waals surface area contributed by atoms with Crippen molar-refractivity contribution in [3.63, 3.8) is 0 Å². The van der Waals surface area contributed by atoms with Crippen LogP contribution >= 0.6 is 0 Å². The summed E-state index contributed by atoms with van der Waals surface area (Å²) in [6.07, 6.45) is 11.4. The van der Waals surface area contributed by atoms with Gasteiger partial charge in [-0.05, 0) is 67.3 Å². The molecule has 0 aliphatic heterocycles. The Morgan fingerprint density at radius 2 is 1.89 bits per heavy atom. The lowest BCUT2D eigenvalue weighted by Gasteiger charge is -2.63. The van der Waals surface area contributed by atoms with Crippen molar-refractivity contribution in [2.24, 2.45) is 34.0 Å². The van der Waals surface area contributed by atoms with Crippen LogP contribution in [0.4, 0.5) is 0 Å².